The highest BCUT2D eigenvalue weighted by Crippen LogP contribution is 2.45. The predicted octanol–water partition coefficient (Wildman–Crippen LogP) is 5.38. The van der Waals surface area contributed by atoms with E-state index in [2.05, 4.69) is 21.9 Å². The quantitative estimate of drug-likeness (QED) is 0.190. The van der Waals surface area contributed by atoms with Crippen molar-refractivity contribution < 1.29 is 41.8 Å². The number of carbonyl (C=O) groups excluding carboxylic acids is 4. The third kappa shape index (κ3) is 9.63. The van der Waals surface area contributed by atoms with Crippen LogP contribution < -0.4 is 24.8 Å². The van der Waals surface area contributed by atoms with Crippen LogP contribution in [0.3, 0.4) is 0 Å². The Morgan fingerprint density at radius 1 is 0.931 bits per heavy atom. The van der Waals surface area contributed by atoms with E-state index in [4.69, 9.17) is 19.2 Å². The van der Waals surface area contributed by atoms with Crippen molar-refractivity contribution >= 4 is 33.8 Å². The summed E-state index contributed by atoms with van der Waals surface area (Å²) in [5.41, 5.74) is -0.346. The van der Waals surface area contributed by atoms with Gasteiger partial charge < -0.3 is 29.7 Å². The van der Waals surface area contributed by atoms with Gasteiger partial charge in [0.25, 0.3) is 5.91 Å². The first kappa shape index (κ1) is 42.2. The first-order valence-electron chi connectivity index (χ1n) is 19.4. The number of alkyl carbamates (subject to hydrolysis) is 1. The minimum Gasteiger partial charge on any atom is -0.497 e. The van der Waals surface area contributed by atoms with Crippen molar-refractivity contribution in [1.82, 2.24) is 25.2 Å². The normalized spacial score (nSPS) is 22.3. The topological polar surface area (TPSA) is 182 Å². The summed E-state index contributed by atoms with van der Waals surface area (Å²) in [6, 6.07) is 18.3. The van der Waals surface area contributed by atoms with Gasteiger partial charge in [-0.05, 0) is 69.7 Å². The number of methoxy groups -OCH3 is 1. The maximum absolute atomic E-state index is 14.7. The summed E-state index contributed by atoms with van der Waals surface area (Å²) in [6.45, 7) is 14.2. The summed E-state index contributed by atoms with van der Waals surface area (Å²) in [5.74, 6) is -1.50. The van der Waals surface area contributed by atoms with Crippen LogP contribution in [0.15, 0.2) is 79.4 Å². The lowest BCUT2D eigenvalue weighted by Crippen LogP contribution is -2.60. The van der Waals surface area contributed by atoms with Gasteiger partial charge in [0, 0.05) is 35.6 Å². The Hall–Kier alpha value is -5.44. The first-order chi connectivity index (χ1) is 27.2. The third-order valence-electron chi connectivity index (χ3n) is 10.4. The van der Waals surface area contributed by atoms with Gasteiger partial charge in [-0.25, -0.2) is 18.2 Å². The lowest BCUT2D eigenvalue weighted by atomic mass is 9.85. The molecule has 0 bridgehead atoms. The molecule has 14 nitrogen and oxygen atoms in total. The number of rotatable bonds is 13. The van der Waals surface area contributed by atoms with Gasteiger partial charge >= 0.3 is 6.09 Å². The molecule has 1 aromatic heterocycles. The molecule has 2 saturated carbocycles. The smallest absolute Gasteiger partial charge is 0.408 e. The van der Waals surface area contributed by atoms with Crippen LogP contribution >= 0.6 is 0 Å². The molecule has 58 heavy (non-hydrogen) atoms. The highest BCUT2D eigenvalue weighted by atomic mass is 32.2. The second kappa shape index (κ2) is 16.1. The standard InChI is InChI=1S/C43H53N5O9S/c1-9-28-24-43(28,39(51)47-58(53,54)32-19-20-32)46-37(49)35-23-31(25-48(35)38(50)36(41(2,3)4)45-40(52)57-42(5,6)7)56-30-21-33(26-13-11-10-12-14-26)44-34(22-30)27-15-17-29(55-8)18-16-27/h9-18,21-22,28,31-32,35-36H,1,19-20,23-25H2,2-8H3,(H,45,52)(H,46,49)(H,47,51). The third-order valence-corrected chi connectivity index (χ3v) is 12.2. The largest absolute Gasteiger partial charge is 0.497 e. The predicted molar refractivity (Wildman–Crippen MR) is 218 cm³/mol. The zero-order valence-corrected chi connectivity index (χ0v) is 34.9. The minimum absolute atomic E-state index is 0.0125. The summed E-state index contributed by atoms with van der Waals surface area (Å²) < 4.78 is 45.2. The molecule has 3 aromatic rings. The van der Waals surface area contributed by atoms with Gasteiger partial charge in [0.2, 0.25) is 21.8 Å². The molecular formula is C43H53N5O9S. The van der Waals surface area contributed by atoms with Crippen LogP contribution in [0.4, 0.5) is 4.79 Å². The molecule has 0 spiro atoms. The van der Waals surface area contributed by atoms with E-state index in [1.165, 1.54) is 11.0 Å². The summed E-state index contributed by atoms with van der Waals surface area (Å²) in [7, 11) is -2.33. The maximum atomic E-state index is 14.7. The second-order valence-corrected chi connectivity index (χ2v) is 19.2. The summed E-state index contributed by atoms with van der Waals surface area (Å²) in [5, 5.41) is 4.88. The highest BCUT2D eigenvalue weighted by Gasteiger charge is 2.62. The average Bonchev–Trinajstić information content (AvgIpc) is 4.09. The van der Waals surface area contributed by atoms with Gasteiger partial charge in [0.15, 0.2) is 0 Å². The Labute approximate surface area is 340 Å². The number of hydrogen-bond acceptors (Lipinski definition) is 10. The molecule has 3 fully saturated rings. The van der Waals surface area contributed by atoms with E-state index in [9.17, 15) is 27.6 Å². The second-order valence-electron chi connectivity index (χ2n) is 17.3. The molecule has 0 radical (unpaired) electrons. The monoisotopic (exact) mass is 815 g/mol. The Morgan fingerprint density at radius 2 is 1.55 bits per heavy atom. The zero-order valence-electron chi connectivity index (χ0n) is 34.0. The minimum atomic E-state index is -3.92. The molecular weight excluding hydrogens is 763 g/mol. The van der Waals surface area contributed by atoms with E-state index in [-0.39, 0.29) is 19.4 Å². The Kier molecular flexibility index (Phi) is 11.7. The number of ether oxygens (including phenoxy) is 3. The molecule has 4 amide bonds. The van der Waals surface area contributed by atoms with Crippen molar-refractivity contribution in [2.45, 2.75) is 102 Å². The van der Waals surface area contributed by atoms with Gasteiger partial charge in [-0.2, -0.15) is 0 Å². The zero-order chi connectivity index (χ0) is 42.2. The molecule has 3 aliphatic rings. The number of benzene rings is 2. The fourth-order valence-electron chi connectivity index (χ4n) is 7.07. The number of sulfonamides is 1. The molecule has 5 unspecified atom stereocenters. The molecule has 15 heteroatoms. The van der Waals surface area contributed by atoms with E-state index in [0.717, 1.165) is 11.1 Å². The van der Waals surface area contributed by atoms with Crippen molar-refractivity contribution in [3.63, 3.8) is 0 Å². The number of nitrogens with zero attached hydrogens (tertiary/aromatic N) is 2. The number of aromatic nitrogens is 1. The number of pyridine rings is 1. The van der Waals surface area contributed by atoms with Gasteiger partial charge in [-0.15, -0.1) is 6.58 Å². The molecule has 2 aliphatic carbocycles. The number of amides is 4. The SMILES string of the molecule is C=CC1CC1(NC(=O)C1CC(Oc2cc(-c3ccccc3)nc(-c3ccc(OC)cc3)c2)CN1C(=O)C(NC(=O)OC(C)(C)C)C(C)(C)C)C(=O)NS(=O)(=O)C1CC1. The van der Waals surface area contributed by atoms with Crippen LogP contribution in [-0.4, -0.2) is 90.3 Å². The van der Waals surface area contributed by atoms with Crippen LogP contribution in [0.5, 0.6) is 11.5 Å². The lowest BCUT2D eigenvalue weighted by Gasteiger charge is -2.36. The van der Waals surface area contributed by atoms with Crippen LogP contribution in [-0.2, 0) is 29.1 Å². The van der Waals surface area contributed by atoms with E-state index in [1.54, 1.807) is 60.8 Å². The first-order valence-corrected chi connectivity index (χ1v) is 21.0. The number of hydrogen-bond donors (Lipinski definition) is 3. The van der Waals surface area contributed by atoms with Crippen molar-refractivity contribution in [2.24, 2.45) is 11.3 Å². The number of nitrogens with one attached hydrogen (secondary N) is 3. The van der Waals surface area contributed by atoms with E-state index < -0.39 is 79.7 Å². The van der Waals surface area contributed by atoms with Crippen molar-refractivity contribution in [1.29, 1.82) is 0 Å². The fourth-order valence-corrected chi connectivity index (χ4v) is 8.43. The van der Waals surface area contributed by atoms with Crippen molar-refractivity contribution in [3.8, 4) is 34.0 Å². The molecule has 6 rings (SSSR count). The molecule has 3 N–H and O–H groups in total. The molecule has 2 aromatic carbocycles. The molecule has 1 saturated heterocycles. The van der Waals surface area contributed by atoms with Gasteiger partial charge in [-0.3, -0.25) is 19.1 Å². The van der Waals surface area contributed by atoms with Crippen molar-refractivity contribution in [3.05, 3.63) is 79.4 Å². The summed E-state index contributed by atoms with van der Waals surface area (Å²) in [4.78, 5) is 62.1. The van der Waals surface area contributed by atoms with E-state index >= 15 is 0 Å². The number of likely N-dealkylation sites (tertiary alicyclic amines) is 1. The van der Waals surface area contributed by atoms with Crippen LogP contribution in [0, 0.1) is 11.3 Å². The molecule has 2 heterocycles. The molecule has 5 atom stereocenters. The van der Waals surface area contributed by atoms with Crippen LogP contribution in [0.25, 0.3) is 22.5 Å². The van der Waals surface area contributed by atoms with Gasteiger partial charge in [-0.1, -0.05) is 57.2 Å². The highest BCUT2D eigenvalue weighted by molar-refractivity contribution is 7.91. The fraction of sp³-hybridized carbons (Fsp3) is 0.465. The molecule has 310 valence electrons. The van der Waals surface area contributed by atoms with Crippen LogP contribution in [0.1, 0.15) is 67.2 Å². The lowest BCUT2D eigenvalue weighted by molar-refractivity contribution is -0.143. The Morgan fingerprint density at radius 3 is 2.09 bits per heavy atom. The van der Waals surface area contributed by atoms with E-state index in [1.807, 2.05) is 54.6 Å². The molecule has 1 aliphatic heterocycles. The van der Waals surface area contributed by atoms with Gasteiger partial charge in [0.05, 0.1) is 30.3 Å². The van der Waals surface area contributed by atoms with Gasteiger partial charge in [0.1, 0.15) is 40.8 Å². The summed E-state index contributed by atoms with van der Waals surface area (Å²) in [6.07, 6.45) is 1.01. The Bertz CT molecular complexity index is 2160. The van der Waals surface area contributed by atoms with Crippen LogP contribution in [0.2, 0.25) is 0 Å². The Balaban J connectivity index is 1.33. The summed E-state index contributed by atoms with van der Waals surface area (Å²) >= 11 is 0. The number of carbonyl (C=O) groups is 4. The average molecular weight is 816 g/mol. The maximum Gasteiger partial charge on any atom is 0.408 e. The van der Waals surface area contributed by atoms with Crippen molar-refractivity contribution in [2.75, 3.05) is 13.7 Å². The van der Waals surface area contributed by atoms with E-state index in [0.29, 0.717) is 35.7 Å².